The predicted molar refractivity (Wildman–Crippen MR) is 98.6 cm³/mol. The number of benzene rings is 1. The molecular weight excluding hydrogens is 392 g/mol. The van der Waals surface area contributed by atoms with E-state index in [1.807, 2.05) is 0 Å². The first kappa shape index (κ1) is 24.0. The van der Waals surface area contributed by atoms with E-state index in [1.165, 1.54) is 6.07 Å². The predicted octanol–water partition coefficient (Wildman–Crippen LogP) is 1.28. The van der Waals surface area contributed by atoms with Gasteiger partial charge in [0.15, 0.2) is 0 Å². The molecule has 0 unspecified atom stereocenters. The lowest BCUT2D eigenvalue weighted by atomic mass is 9.96. The van der Waals surface area contributed by atoms with Gasteiger partial charge in [0.25, 0.3) is 10.1 Å². The van der Waals surface area contributed by atoms with Gasteiger partial charge in [0.05, 0.1) is 37.6 Å². The second-order valence-corrected chi connectivity index (χ2v) is 9.31. The Labute approximate surface area is 164 Å². The van der Waals surface area contributed by atoms with Crippen LogP contribution in [-0.4, -0.2) is 61.5 Å². The fraction of sp³-hybridized carbons (Fsp3) is 0.556. The van der Waals surface area contributed by atoms with E-state index in [1.54, 1.807) is 27.7 Å². The van der Waals surface area contributed by atoms with Crippen molar-refractivity contribution in [1.29, 1.82) is 0 Å². The molecule has 10 heteroatoms. The number of aliphatic hydroxyl groups excluding tert-OH is 2. The molecule has 0 bridgehead atoms. The first-order valence-electron chi connectivity index (χ1n) is 8.40. The Kier molecular flexibility index (Phi) is 7.72. The summed E-state index contributed by atoms with van der Waals surface area (Å²) in [7, 11) is -4.97. The highest BCUT2D eigenvalue weighted by molar-refractivity contribution is 7.86. The van der Waals surface area contributed by atoms with Gasteiger partial charge in [0.1, 0.15) is 4.90 Å². The van der Waals surface area contributed by atoms with E-state index in [0.717, 1.165) is 12.1 Å². The van der Waals surface area contributed by atoms with Gasteiger partial charge in [0.2, 0.25) is 0 Å². The Morgan fingerprint density at radius 2 is 1.25 bits per heavy atom. The molecule has 0 saturated carbocycles. The molecule has 0 aromatic heterocycles. The fourth-order valence-corrected chi connectivity index (χ4v) is 2.76. The Balaban J connectivity index is 3.26. The van der Waals surface area contributed by atoms with Crippen molar-refractivity contribution in [1.82, 2.24) is 0 Å². The second kappa shape index (κ2) is 8.99. The third kappa shape index (κ3) is 6.55. The average molecular weight is 418 g/mol. The van der Waals surface area contributed by atoms with Crippen LogP contribution in [0.25, 0.3) is 0 Å². The standard InChI is InChI=1S/C18H26O9S/c1-17(2,8-19)10-26-15(21)12-6-5-7-13(14(12)28(23,24)25)16(22)27-11-18(3,4)9-20/h5-7,19-20H,8-11H2,1-4H3,(H,23,24,25). The number of carbonyl (C=O) groups is 2. The molecule has 0 spiro atoms. The molecule has 0 amide bonds. The summed E-state index contributed by atoms with van der Waals surface area (Å²) in [5, 5.41) is 18.4. The molecule has 158 valence electrons. The summed E-state index contributed by atoms with van der Waals surface area (Å²) in [6.07, 6.45) is 0. The molecule has 1 aromatic carbocycles. The molecule has 1 aromatic rings. The van der Waals surface area contributed by atoms with Crippen LogP contribution in [0.3, 0.4) is 0 Å². The first-order chi connectivity index (χ1) is 12.7. The average Bonchev–Trinajstić information content (AvgIpc) is 2.63. The number of rotatable bonds is 9. The minimum Gasteiger partial charge on any atom is -0.461 e. The molecule has 0 aliphatic rings. The maximum Gasteiger partial charge on any atom is 0.339 e. The van der Waals surface area contributed by atoms with Crippen LogP contribution < -0.4 is 0 Å². The molecular formula is C18H26O9S. The van der Waals surface area contributed by atoms with E-state index >= 15 is 0 Å². The van der Waals surface area contributed by atoms with Crippen molar-refractivity contribution in [3.05, 3.63) is 29.3 Å². The lowest BCUT2D eigenvalue weighted by Crippen LogP contribution is -2.27. The molecule has 0 fully saturated rings. The molecule has 0 atom stereocenters. The molecule has 1 rings (SSSR count). The highest BCUT2D eigenvalue weighted by Gasteiger charge is 2.31. The molecule has 0 radical (unpaired) electrons. The van der Waals surface area contributed by atoms with Gasteiger partial charge in [-0.25, -0.2) is 9.59 Å². The van der Waals surface area contributed by atoms with Gasteiger partial charge in [-0.1, -0.05) is 33.8 Å². The number of hydrogen-bond donors (Lipinski definition) is 3. The van der Waals surface area contributed by atoms with Crippen molar-refractivity contribution in [2.24, 2.45) is 10.8 Å². The van der Waals surface area contributed by atoms with E-state index in [-0.39, 0.29) is 26.4 Å². The van der Waals surface area contributed by atoms with Crippen LogP contribution in [0, 0.1) is 10.8 Å². The summed E-state index contributed by atoms with van der Waals surface area (Å²) in [4.78, 5) is 23.8. The Hall–Kier alpha value is -2.01. The van der Waals surface area contributed by atoms with Gasteiger partial charge in [-0.15, -0.1) is 0 Å². The van der Waals surface area contributed by atoms with Crippen LogP contribution in [0.5, 0.6) is 0 Å². The zero-order valence-electron chi connectivity index (χ0n) is 16.3. The molecule has 0 heterocycles. The second-order valence-electron chi connectivity index (χ2n) is 7.95. The van der Waals surface area contributed by atoms with Crippen LogP contribution in [0.15, 0.2) is 23.1 Å². The maximum atomic E-state index is 12.3. The smallest absolute Gasteiger partial charge is 0.339 e. The minimum absolute atomic E-state index is 0.216. The van der Waals surface area contributed by atoms with Crippen molar-refractivity contribution >= 4 is 22.1 Å². The van der Waals surface area contributed by atoms with Gasteiger partial charge >= 0.3 is 11.9 Å². The zero-order chi connectivity index (χ0) is 21.8. The summed E-state index contributed by atoms with van der Waals surface area (Å²) >= 11 is 0. The SMILES string of the molecule is CC(C)(CO)COC(=O)c1cccc(C(=O)OCC(C)(C)CO)c1S(=O)(=O)O. The number of hydrogen-bond acceptors (Lipinski definition) is 8. The summed E-state index contributed by atoms with van der Waals surface area (Å²) in [5.41, 5.74) is -2.60. The van der Waals surface area contributed by atoms with E-state index in [9.17, 15) is 32.8 Å². The van der Waals surface area contributed by atoms with Crippen molar-refractivity contribution in [2.75, 3.05) is 26.4 Å². The molecule has 28 heavy (non-hydrogen) atoms. The molecule has 0 aliphatic carbocycles. The normalized spacial score (nSPS) is 12.5. The molecule has 9 nitrogen and oxygen atoms in total. The number of aliphatic hydroxyl groups is 2. The van der Waals surface area contributed by atoms with Gasteiger partial charge < -0.3 is 19.7 Å². The lowest BCUT2D eigenvalue weighted by Gasteiger charge is -2.22. The lowest BCUT2D eigenvalue weighted by molar-refractivity contribution is 0.0208. The number of ether oxygens (including phenoxy) is 2. The van der Waals surface area contributed by atoms with Crippen LogP contribution in [0.1, 0.15) is 48.4 Å². The monoisotopic (exact) mass is 418 g/mol. The summed E-state index contributed by atoms with van der Waals surface area (Å²) in [6.45, 7) is 5.51. The Morgan fingerprint density at radius 3 is 1.54 bits per heavy atom. The van der Waals surface area contributed by atoms with Gasteiger partial charge in [0, 0.05) is 10.8 Å². The largest absolute Gasteiger partial charge is 0.461 e. The molecule has 3 N–H and O–H groups in total. The molecule has 0 saturated heterocycles. The van der Waals surface area contributed by atoms with Gasteiger partial charge in [-0.3, -0.25) is 4.55 Å². The summed E-state index contributed by atoms with van der Waals surface area (Å²) in [5.74, 6) is -2.17. The van der Waals surface area contributed by atoms with Crippen molar-refractivity contribution in [3.8, 4) is 0 Å². The fourth-order valence-electron chi connectivity index (χ4n) is 1.91. The van der Waals surface area contributed by atoms with E-state index in [4.69, 9.17) is 9.47 Å². The van der Waals surface area contributed by atoms with Crippen molar-refractivity contribution in [3.63, 3.8) is 0 Å². The Bertz CT molecular complexity index is 775. The molecule has 0 aliphatic heterocycles. The van der Waals surface area contributed by atoms with Crippen LogP contribution in [0.4, 0.5) is 0 Å². The van der Waals surface area contributed by atoms with Crippen LogP contribution in [0.2, 0.25) is 0 Å². The third-order valence-corrected chi connectivity index (χ3v) is 4.71. The van der Waals surface area contributed by atoms with E-state index in [0.29, 0.717) is 0 Å². The summed E-state index contributed by atoms with van der Waals surface area (Å²) in [6, 6.07) is 3.42. The zero-order valence-corrected chi connectivity index (χ0v) is 17.1. The topological polar surface area (TPSA) is 147 Å². The van der Waals surface area contributed by atoms with Gasteiger partial charge in [-0.2, -0.15) is 8.42 Å². The van der Waals surface area contributed by atoms with E-state index in [2.05, 4.69) is 0 Å². The minimum atomic E-state index is -4.97. The van der Waals surface area contributed by atoms with Crippen LogP contribution >= 0.6 is 0 Å². The Morgan fingerprint density at radius 1 is 0.893 bits per heavy atom. The first-order valence-corrected chi connectivity index (χ1v) is 9.84. The van der Waals surface area contributed by atoms with Crippen LogP contribution in [-0.2, 0) is 19.6 Å². The van der Waals surface area contributed by atoms with E-state index < -0.39 is 48.9 Å². The number of esters is 2. The third-order valence-electron chi connectivity index (χ3n) is 3.76. The van der Waals surface area contributed by atoms with Gasteiger partial charge in [-0.05, 0) is 12.1 Å². The highest BCUT2D eigenvalue weighted by Crippen LogP contribution is 2.25. The quantitative estimate of drug-likeness (QED) is 0.398. The van der Waals surface area contributed by atoms with Crippen molar-refractivity contribution in [2.45, 2.75) is 32.6 Å². The highest BCUT2D eigenvalue weighted by atomic mass is 32.2. The van der Waals surface area contributed by atoms with Crippen molar-refractivity contribution < 1.29 is 42.2 Å². The summed E-state index contributed by atoms with van der Waals surface area (Å²) < 4.78 is 43.3. The number of carbonyl (C=O) groups excluding carboxylic acids is 2. The maximum absolute atomic E-state index is 12.3.